The number of anilines is 1. The maximum Gasteiger partial charge on any atom is 0.176 e. The number of fused-ring (bicyclic) bond motifs is 1. The van der Waals surface area contributed by atoms with Gasteiger partial charge in [-0.2, -0.15) is 5.10 Å². The van der Waals surface area contributed by atoms with E-state index in [9.17, 15) is 5.11 Å². The lowest BCUT2D eigenvalue weighted by molar-refractivity contribution is 0.122. The quantitative estimate of drug-likeness (QED) is 0.445. The molecule has 1 aromatic carbocycles. The number of morpholine rings is 1. The minimum Gasteiger partial charge on any atom is -0.453 e. The van der Waals surface area contributed by atoms with Crippen LogP contribution in [0.5, 0.6) is 0 Å². The number of pyridine rings is 1. The normalized spacial score (nSPS) is 14.7. The van der Waals surface area contributed by atoms with Crippen molar-refractivity contribution in [1.82, 2.24) is 20.1 Å². The summed E-state index contributed by atoms with van der Waals surface area (Å²) in [7, 11) is 1.81. The highest BCUT2D eigenvalue weighted by atomic mass is 16.5. The predicted molar refractivity (Wildman–Crippen MR) is 131 cm³/mol. The molecule has 1 saturated heterocycles. The fourth-order valence-corrected chi connectivity index (χ4v) is 4.02. The van der Waals surface area contributed by atoms with Gasteiger partial charge in [-0.3, -0.25) is 0 Å². The van der Waals surface area contributed by atoms with E-state index in [2.05, 4.69) is 41.1 Å². The van der Waals surface area contributed by atoms with Crippen LogP contribution in [0, 0.1) is 18.8 Å². The van der Waals surface area contributed by atoms with Crippen molar-refractivity contribution in [3.05, 3.63) is 60.0 Å². The van der Waals surface area contributed by atoms with Gasteiger partial charge in [-0.25, -0.2) is 9.67 Å². The zero-order chi connectivity index (χ0) is 23.5. The Morgan fingerprint density at radius 1 is 1.18 bits per heavy atom. The molecule has 8 heteroatoms. The standard InChI is InChI=1S/C26H27N5O3/c1-18-5-3-6-19(15-18)20-8-10-31(29-20)25-17-22(30-11-13-33-14-12-30)26-21(28-25)16-24(34-26)23(32)7-4-9-27-2/h3,5-6,8,10,15-17,23,27,32H,9,11-14H2,1-2H3. The smallest absolute Gasteiger partial charge is 0.176 e. The molecular formula is C26H27N5O3. The topological polar surface area (TPSA) is 88.6 Å². The highest BCUT2D eigenvalue weighted by Crippen LogP contribution is 2.33. The van der Waals surface area contributed by atoms with E-state index >= 15 is 0 Å². The molecule has 0 amide bonds. The number of nitrogens with one attached hydrogen (secondary N) is 1. The van der Waals surface area contributed by atoms with Gasteiger partial charge < -0.3 is 24.5 Å². The zero-order valence-electron chi connectivity index (χ0n) is 19.3. The van der Waals surface area contributed by atoms with Crippen molar-refractivity contribution >= 4 is 16.8 Å². The highest BCUT2D eigenvalue weighted by Gasteiger charge is 2.22. The van der Waals surface area contributed by atoms with Gasteiger partial charge in [0.25, 0.3) is 0 Å². The molecule has 1 unspecified atom stereocenters. The first kappa shape index (κ1) is 22.2. The van der Waals surface area contributed by atoms with E-state index < -0.39 is 6.10 Å². The van der Waals surface area contributed by atoms with Gasteiger partial charge in [-0.05, 0) is 26.1 Å². The second-order valence-electron chi connectivity index (χ2n) is 8.23. The van der Waals surface area contributed by atoms with Crippen LogP contribution in [0.4, 0.5) is 5.69 Å². The predicted octanol–water partition coefficient (Wildman–Crippen LogP) is 3.08. The Morgan fingerprint density at radius 3 is 2.82 bits per heavy atom. The minimum atomic E-state index is -1.03. The number of ether oxygens (including phenoxy) is 1. The number of furan rings is 1. The van der Waals surface area contributed by atoms with Crippen molar-refractivity contribution in [2.75, 3.05) is 44.8 Å². The molecule has 1 atom stereocenters. The summed E-state index contributed by atoms with van der Waals surface area (Å²) < 4.78 is 13.4. The van der Waals surface area contributed by atoms with Crippen LogP contribution in [0.2, 0.25) is 0 Å². The number of hydrogen-bond acceptors (Lipinski definition) is 7. The summed E-state index contributed by atoms with van der Waals surface area (Å²) in [4.78, 5) is 7.02. The third-order valence-electron chi connectivity index (χ3n) is 5.73. The third kappa shape index (κ3) is 4.54. The molecular weight excluding hydrogens is 430 g/mol. The summed E-state index contributed by atoms with van der Waals surface area (Å²) in [6, 6.07) is 14.0. The molecule has 1 aliphatic heterocycles. The Balaban J connectivity index is 1.57. The molecule has 0 bridgehead atoms. The van der Waals surface area contributed by atoms with Crippen LogP contribution in [0.15, 0.2) is 53.1 Å². The van der Waals surface area contributed by atoms with Crippen molar-refractivity contribution < 1.29 is 14.3 Å². The van der Waals surface area contributed by atoms with Crippen LogP contribution in [-0.2, 0) is 4.74 Å². The molecule has 0 spiro atoms. The van der Waals surface area contributed by atoms with Crippen LogP contribution in [0.3, 0.4) is 0 Å². The van der Waals surface area contributed by atoms with Crippen molar-refractivity contribution in [2.24, 2.45) is 0 Å². The molecule has 4 heterocycles. The molecule has 0 radical (unpaired) electrons. The number of nitrogens with zero attached hydrogens (tertiary/aromatic N) is 4. The maximum absolute atomic E-state index is 10.5. The average molecular weight is 458 g/mol. The summed E-state index contributed by atoms with van der Waals surface area (Å²) in [5.74, 6) is 6.74. The molecule has 174 valence electrons. The van der Waals surface area contributed by atoms with E-state index in [0.29, 0.717) is 42.4 Å². The SMILES string of the molecule is CNCC#CC(O)c1cc2nc(-n3ccc(-c4cccc(C)c4)n3)cc(N3CCOCC3)c2o1. The lowest BCUT2D eigenvalue weighted by Crippen LogP contribution is -2.36. The van der Waals surface area contributed by atoms with E-state index in [1.54, 1.807) is 10.7 Å². The van der Waals surface area contributed by atoms with Gasteiger partial charge in [-0.15, -0.1) is 0 Å². The largest absolute Gasteiger partial charge is 0.453 e. The lowest BCUT2D eigenvalue weighted by Gasteiger charge is -2.29. The van der Waals surface area contributed by atoms with Gasteiger partial charge in [0.2, 0.25) is 0 Å². The van der Waals surface area contributed by atoms with Gasteiger partial charge in [0.1, 0.15) is 11.3 Å². The summed E-state index contributed by atoms with van der Waals surface area (Å²) >= 11 is 0. The van der Waals surface area contributed by atoms with Gasteiger partial charge >= 0.3 is 0 Å². The summed E-state index contributed by atoms with van der Waals surface area (Å²) in [5, 5.41) is 18.2. The van der Waals surface area contributed by atoms with Crippen molar-refractivity contribution in [3.8, 4) is 28.9 Å². The van der Waals surface area contributed by atoms with Crippen LogP contribution < -0.4 is 10.2 Å². The molecule has 3 aromatic heterocycles. The first-order chi connectivity index (χ1) is 16.6. The molecule has 8 nitrogen and oxygen atoms in total. The van der Waals surface area contributed by atoms with E-state index in [0.717, 1.165) is 30.0 Å². The number of benzene rings is 1. The fraction of sp³-hybridized carbons (Fsp3) is 0.308. The van der Waals surface area contributed by atoms with E-state index in [1.807, 2.05) is 37.5 Å². The third-order valence-corrected chi connectivity index (χ3v) is 5.73. The summed E-state index contributed by atoms with van der Waals surface area (Å²) in [5.41, 5.74) is 5.29. The highest BCUT2D eigenvalue weighted by molar-refractivity contribution is 5.88. The number of aryl methyl sites for hydroxylation is 1. The molecule has 4 aromatic rings. The van der Waals surface area contributed by atoms with Crippen molar-refractivity contribution in [2.45, 2.75) is 13.0 Å². The number of aliphatic hydroxyl groups is 1. The molecule has 0 aliphatic carbocycles. The van der Waals surface area contributed by atoms with Gasteiger partial charge in [-0.1, -0.05) is 35.6 Å². The van der Waals surface area contributed by atoms with Crippen molar-refractivity contribution in [1.29, 1.82) is 0 Å². The number of aromatic nitrogens is 3. The van der Waals surface area contributed by atoms with Gasteiger partial charge in [0.15, 0.2) is 17.5 Å². The molecule has 2 N–H and O–H groups in total. The fourth-order valence-electron chi connectivity index (χ4n) is 4.02. The Kier molecular flexibility index (Phi) is 6.32. The van der Waals surface area contributed by atoms with E-state index in [4.69, 9.17) is 19.2 Å². The number of aliphatic hydroxyl groups excluding tert-OH is 1. The molecule has 0 saturated carbocycles. The van der Waals surface area contributed by atoms with Crippen LogP contribution in [0.1, 0.15) is 17.4 Å². The van der Waals surface area contributed by atoms with E-state index in [1.165, 1.54) is 5.56 Å². The van der Waals surface area contributed by atoms with Gasteiger partial charge in [0, 0.05) is 37.0 Å². The Hall–Kier alpha value is -3.64. The first-order valence-electron chi connectivity index (χ1n) is 11.3. The average Bonchev–Trinajstić information content (AvgIpc) is 3.52. The maximum atomic E-state index is 10.5. The minimum absolute atomic E-state index is 0.374. The first-order valence-corrected chi connectivity index (χ1v) is 11.3. The Morgan fingerprint density at radius 2 is 2.03 bits per heavy atom. The second-order valence-corrected chi connectivity index (χ2v) is 8.23. The monoisotopic (exact) mass is 457 g/mol. The molecule has 1 aliphatic rings. The molecule has 5 rings (SSSR count). The summed E-state index contributed by atoms with van der Waals surface area (Å²) in [6.45, 7) is 5.33. The Labute approximate surface area is 198 Å². The second kappa shape index (κ2) is 9.69. The lowest BCUT2D eigenvalue weighted by atomic mass is 10.1. The van der Waals surface area contributed by atoms with Crippen molar-refractivity contribution in [3.63, 3.8) is 0 Å². The number of rotatable bonds is 5. The number of hydrogen-bond donors (Lipinski definition) is 2. The van der Waals surface area contributed by atoms with Crippen LogP contribution in [0.25, 0.3) is 28.2 Å². The molecule has 1 fully saturated rings. The summed E-state index contributed by atoms with van der Waals surface area (Å²) in [6.07, 6.45) is 0.884. The van der Waals surface area contributed by atoms with Crippen LogP contribution >= 0.6 is 0 Å². The van der Waals surface area contributed by atoms with Crippen LogP contribution in [-0.4, -0.2) is 59.8 Å². The van der Waals surface area contributed by atoms with E-state index in [-0.39, 0.29) is 0 Å². The van der Waals surface area contributed by atoms with Gasteiger partial charge in [0.05, 0.1) is 31.1 Å². The molecule has 34 heavy (non-hydrogen) atoms. The Bertz CT molecular complexity index is 1360. The zero-order valence-corrected chi connectivity index (χ0v) is 19.3.